The van der Waals surface area contributed by atoms with Crippen LogP contribution < -0.4 is 4.90 Å². The summed E-state index contributed by atoms with van der Waals surface area (Å²) in [6, 6.07) is 82.4. The summed E-state index contributed by atoms with van der Waals surface area (Å²) in [7, 11) is 0. The summed E-state index contributed by atoms with van der Waals surface area (Å²) < 4.78 is 0. The number of para-hydroxylation sites is 1. The van der Waals surface area contributed by atoms with E-state index in [-0.39, 0.29) is 5.41 Å². The maximum atomic E-state index is 2.44. The second-order valence-electron chi connectivity index (χ2n) is 14.8. The molecule has 0 heterocycles. The Balaban J connectivity index is 1.11. The largest absolute Gasteiger partial charge is 0.310 e. The van der Waals surface area contributed by atoms with E-state index in [1.165, 1.54) is 77.9 Å². The van der Waals surface area contributed by atoms with Crippen molar-refractivity contribution in [1.82, 2.24) is 0 Å². The van der Waals surface area contributed by atoms with E-state index in [1.54, 1.807) is 0 Å². The fraction of sp³-hybridized carbons (Fsp3) is 0.0182. The second-order valence-corrected chi connectivity index (χ2v) is 14.8. The van der Waals surface area contributed by atoms with Gasteiger partial charge >= 0.3 is 0 Å². The lowest BCUT2D eigenvalue weighted by Crippen LogP contribution is -2.25. The first-order chi connectivity index (χ1) is 27.8. The molecule has 0 N–H and O–H groups in total. The predicted octanol–water partition coefficient (Wildman–Crippen LogP) is 14.5. The molecular weight excluding hydrogens is 675 g/mol. The SMILES string of the molecule is c1ccc(-c2ccc(-c3ccccc3N(c3ccc(-c4ccccc4)cc3)c3ccc4c(c3)-c3ccccc3C43c4ccccc4-c4ccccc43)cc2)cc1. The van der Waals surface area contributed by atoms with Crippen molar-refractivity contribution in [3.05, 3.63) is 247 Å². The van der Waals surface area contributed by atoms with Crippen molar-refractivity contribution in [1.29, 1.82) is 0 Å². The number of hydrogen-bond donors (Lipinski definition) is 0. The van der Waals surface area contributed by atoms with Crippen LogP contribution in [0.1, 0.15) is 22.3 Å². The summed E-state index contributed by atoms with van der Waals surface area (Å²) in [5.41, 5.74) is 20.8. The van der Waals surface area contributed by atoms with Gasteiger partial charge in [-0.25, -0.2) is 0 Å². The zero-order valence-corrected chi connectivity index (χ0v) is 30.8. The summed E-state index contributed by atoms with van der Waals surface area (Å²) in [6.45, 7) is 0. The first kappa shape index (κ1) is 32.2. The van der Waals surface area contributed by atoms with Gasteiger partial charge in [-0.3, -0.25) is 0 Å². The molecule has 0 fully saturated rings. The zero-order valence-electron chi connectivity index (χ0n) is 30.8. The highest BCUT2D eigenvalue weighted by Gasteiger charge is 2.51. The van der Waals surface area contributed by atoms with Gasteiger partial charge in [0.15, 0.2) is 0 Å². The minimum absolute atomic E-state index is 0.377. The molecule has 2 aliphatic carbocycles. The van der Waals surface area contributed by atoms with Crippen LogP contribution in [0.25, 0.3) is 55.6 Å². The van der Waals surface area contributed by atoms with E-state index >= 15 is 0 Å². The predicted molar refractivity (Wildman–Crippen MR) is 234 cm³/mol. The van der Waals surface area contributed by atoms with E-state index in [9.17, 15) is 0 Å². The lowest BCUT2D eigenvalue weighted by Gasteiger charge is -2.31. The average molecular weight is 712 g/mol. The molecule has 2 aliphatic rings. The fourth-order valence-corrected chi connectivity index (χ4v) is 9.47. The molecule has 0 radical (unpaired) electrons. The van der Waals surface area contributed by atoms with Crippen molar-refractivity contribution in [2.45, 2.75) is 5.41 Å². The van der Waals surface area contributed by atoms with Gasteiger partial charge in [0.05, 0.1) is 11.1 Å². The molecule has 262 valence electrons. The highest BCUT2D eigenvalue weighted by molar-refractivity contribution is 5.97. The summed E-state index contributed by atoms with van der Waals surface area (Å²) >= 11 is 0. The Morgan fingerprint density at radius 3 is 1.18 bits per heavy atom. The van der Waals surface area contributed by atoms with Gasteiger partial charge in [0.25, 0.3) is 0 Å². The molecule has 0 bridgehead atoms. The molecule has 0 atom stereocenters. The molecule has 0 aliphatic heterocycles. The van der Waals surface area contributed by atoms with Crippen molar-refractivity contribution in [2.75, 3.05) is 4.90 Å². The van der Waals surface area contributed by atoms with Crippen molar-refractivity contribution < 1.29 is 0 Å². The molecule has 1 heteroatoms. The average Bonchev–Trinajstić information content (AvgIpc) is 3.75. The summed E-state index contributed by atoms with van der Waals surface area (Å²) in [6.07, 6.45) is 0. The van der Waals surface area contributed by atoms with Crippen molar-refractivity contribution >= 4 is 17.1 Å². The summed E-state index contributed by atoms with van der Waals surface area (Å²) in [4.78, 5) is 2.44. The van der Waals surface area contributed by atoms with Gasteiger partial charge in [-0.05, 0) is 103 Å². The molecule has 1 spiro atoms. The number of nitrogens with zero attached hydrogens (tertiary/aromatic N) is 1. The number of fused-ring (bicyclic) bond motifs is 10. The number of hydrogen-bond acceptors (Lipinski definition) is 1. The third kappa shape index (κ3) is 4.88. The molecule has 0 aromatic heterocycles. The third-order valence-electron chi connectivity index (χ3n) is 11.9. The molecule has 1 nitrogen and oxygen atoms in total. The lowest BCUT2D eigenvalue weighted by atomic mass is 9.70. The zero-order chi connectivity index (χ0) is 37.1. The normalized spacial score (nSPS) is 12.8. The Morgan fingerprint density at radius 2 is 0.625 bits per heavy atom. The van der Waals surface area contributed by atoms with Gasteiger partial charge in [-0.2, -0.15) is 0 Å². The highest BCUT2D eigenvalue weighted by Crippen LogP contribution is 2.63. The summed E-state index contributed by atoms with van der Waals surface area (Å²) in [5.74, 6) is 0. The minimum atomic E-state index is -0.377. The van der Waals surface area contributed by atoms with Crippen LogP contribution in [0.5, 0.6) is 0 Å². The quantitative estimate of drug-likeness (QED) is 0.166. The lowest BCUT2D eigenvalue weighted by molar-refractivity contribution is 0.794. The number of anilines is 3. The van der Waals surface area contributed by atoms with Crippen LogP contribution in [0, 0.1) is 0 Å². The van der Waals surface area contributed by atoms with Crippen LogP contribution in [0.2, 0.25) is 0 Å². The van der Waals surface area contributed by atoms with Crippen molar-refractivity contribution in [3.63, 3.8) is 0 Å². The van der Waals surface area contributed by atoms with Crippen LogP contribution in [-0.4, -0.2) is 0 Å². The number of benzene rings is 9. The van der Waals surface area contributed by atoms with Gasteiger partial charge in [-0.15, -0.1) is 0 Å². The monoisotopic (exact) mass is 711 g/mol. The van der Waals surface area contributed by atoms with Crippen LogP contribution in [0.15, 0.2) is 224 Å². The Kier molecular flexibility index (Phi) is 7.47. The van der Waals surface area contributed by atoms with Gasteiger partial charge in [-0.1, -0.05) is 194 Å². The molecule has 9 aromatic rings. The molecule has 0 saturated carbocycles. The molecule has 56 heavy (non-hydrogen) atoms. The fourth-order valence-electron chi connectivity index (χ4n) is 9.47. The van der Waals surface area contributed by atoms with Gasteiger partial charge in [0.1, 0.15) is 0 Å². The first-order valence-electron chi connectivity index (χ1n) is 19.4. The molecule has 0 saturated heterocycles. The summed E-state index contributed by atoms with van der Waals surface area (Å²) in [5, 5.41) is 0. The second kappa shape index (κ2) is 13.0. The van der Waals surface area contributed by atoms with E-state index in [4.69, 9.17) is 0 Å². The Morgan fingerprint density at radius 1 is 0.250 bits per heavy atom. The molecule has 11 rings (SSSR count). The van der Waals surface area contributed by atoms with E-state index < -0.39 is 0 Å². The smallest absolute Gasteiger partial charge is 0.0725 e. The van der Waals surface area contributed by atoms with Crippen LogP contribution >= 0.6 is 0 Å². The Labute approximate surface area is 328 Å². The molecule has 9 aromatic carbocycles. The van der Waals surface area contributed by atoms with Crippen LogP contribution in [0.3, 0.4) is 0 Å². The first-order valence-corrected chi connectivity index (χ1v) is 19.4. The standard InChI is InChI=1S/C55H37N/c1-3-15-38(16-4-1)40-27-29-42(30-28-40)45-19-10-14-26-54(45)56(43-33-31-41(32-34-43)39-17-5-2-6-18-39)44-35-36-53-49(37-44)48-22-9-13-25-52(48)55(53)50-23-11-7-20-46(50)47-21-8-12-24-51(47)55/h1-37H. The van der Waals surface area contributed by atoms with Crippen molar-refractivity contribution in [2.24, 2.45) is 0 Å². The van der Waals surface area contributed by atoms with E-state index in [0.29, 0.717) is 0 Å². The maximum Gasteiger partial charge on any atom is 0.0725 e. The van der Waals surface area contributed by atoms with Crippen molar-refractivity contribution in [3.8, 4) is 55.6 Å². The van der Waals surface area contributed by atoms with Gasteiger partial charge in [0, 0.05) is 16.9 Å². The molecule has 0 amide bonds. The highest BCUT2D eigenvalue weighted by atomic mass is 15.1. The minimum Gasteiger partial charge on any atom is -0.310 e. The maximum absolute atomic E-state index is 2.44. The van der Waals surface area contributed by atoms with E-state index in [0.717, 1.165) is 17.1 Å². The van der Waals surface area contributed by atoms with Crippen LogP contribution in [0.4, 0.5) is 17.1 Å². The molecular formula is C55H37N. The van der Waals surface area contributed by atoms with Gasteiger partial charge in [0.2, 0.25) is 0 Å². The van der Waals surface area contributed by atoms with Gasteiger partial charge < -0.3 is 4.90 Å². The van der Waals surface area contributed by atoms with E-state index in [2.05, 4.69) is 229 Å². The van der Waals surface area contributed by atoms with Crippen LogP contribution in [-0.2, 0) is 5.41 Å². The Bertz CT molecular complexity index is 2840. The molecule has 0 unspecified atom stereocenters. The van der Waals surface area contributed by atoms with E-state index in [1.807, 2.05) is 0 Å². The topological polar surface area (TPSA) is 3.24 Å². The third-order valence-corrected chi connectivity index (χ3v) is 11.9. The number of rotatable bonds is 6. The Hall–Kier alpha value is -7.22.